The van der Waals surface area contributed by atoms with E-state index >= 15 is 0 Å². The van der Waals surface area contributed by atoms with Gasteiger partial charge in [-0.1, -0.05) is 0 Å². The van der Waals surface area contributed by atoms with Gasteiger partial charge in [0.25, 0.3) is 0 Å². The number of anilines is 1. The summed E-state index contributed by atoms with van der Waals surface area (Å²) in [5.74, 6) is 0.480. The van der Waals surface area contributed by atoms with Crippen molar-refractivity contribution in [3.63, 3.8) is 0 Å². The van der Waals surface area contributed by atoms with Crippen molar-refractivity contribution in [1.82, 2.24) is 9.97 Å². The van der Waals surface area contributed by atoms with Crippen molar-refractivity contribution in [2.75, 3.05) is 18.5 Å². The first kappa shape index (κ1) is 7.91. The van der Waals surface area contributed by atoms with Crippen LogP contribution in [-0.2, 0) is 0 Å². The maximum atomic E-state index is 11.6. The Balaban J connectivity index is 2.52. The molecule has 3 nitrogen and oxygen atoms in total. The molecule has 0 spiro atoms. The molecule has 4 heteroatoms. The van der Waals surface area contributed by atoms with Gasteiger partial charge >= 0.3 is 0 Å². The lowest BCUT2D eigenvalue weighted by Crippen LogP contribution is -2.06. The molecule has 0 fully saturated rings. The number of nitrogens with one attached hydrogen (secondary N) is 1. The summed E-state index contributed by atoms with van der Waals surface area (Å²) in [5.41, 5.74) is 0.996. The molecule has 1 N–H and O–H groups in total. The van der Waals surface area contributed by atoms with Crippen molar-refractivity contribution < 1.29 is 4.39 Å². The van der Waals surface area contributed by atoms with Crippen LogP contribution in [0, 0.1) is 6.92 Å². The van der Waals surface area contributed by atoms with Crippen LogP contribution in [0.1, 0.15) is 5.56 Å². The van der Waals surface area contributed by atoms with Gasteiger partial charge in [0.1, 0.15) is 6.67 Å². The number of hydrogen-bond acceptors (Lipinski definition) is 3. The number of rotatable bonds is 3. The maximum Gasteiger partial charge on any atom is 0.222 e. The van der Waals surface area contributed by atoms with E-state index in [4.69, 9.17) is 0 Å². The van der Waals surface area contributed by atoms with Crippen molar-refractivity contribution in [2.24, 2.45) is 0 Å². The third-order valence-electron chi connectivity index (χ3n) is 1.16. The molecule has 1 aromatic heterocycles. The van der Waals surface area contributed by atoms with Crippen LogP contribution in [0.15, 0.2) is 12.4 Å². The number of aryl methyl sites for hydroxylation is 1. The third kappa shape index (κ3) is 2.49. The van der Waals surface area contributed by atoms with E-state index in [9.17, 15) is 4.39 Å². The predicted octanol–water partition coefficient (Wildman–Crippen LogP) is 1.17. The van der Waals surface area contributed by atoms with Gasteiger partial charge < -0.3 is 5.32 Å². The van der Waals surface area contributed by atoms with E-state index in [-0.39, 0.29) is 6.54 Å². The molecular weight excluding hydrogens is 145 g/mol. The fraction of sp³-hybridized carbons (Fsp3) is 0.429. The van der Waals surface area contributed by atoms with Gasteiger partial charge in [-0.2, -0.15) is 0 Å². The van der Waals surface area contributed by atoms with E-state index < -0.39 is 6.67 Å². The zero-order valence-electron chi connectivity index (χ0n) is 6.34. The fourth-order valence-corrected chi connectivity index (χ4v) is 0.643. The summed E-state index contributed by atoms with van der Waals surface area (Å²) < 4.78 is 11.6. The van der Waals surface area contributed by atoms with E-state index in [2.05, 4.69) is 15.3 Å². The minimum atomic E-state index is -0.406. The van der Waals surface area contributed by atoms with Gasteiger partial charge in [0.05, 0.1) is 0 Å². The van der Waals surface area contributed by atoms with Gasteiger partial charge in [0.2, 0.25) is 5.95 Å². The molecule has 0 radical (unpaired) electrons. The molecule has 0 aliphatic heterocycles. The lowest BCUT2D eigenvalue weighted by molar-refractivity contribution is 0.512. The Morgan fingerprint density at radius 1 is 1.45 bits per heavy atom. The van der Waals surface area contributed by atoms with E-state index in [1.165, 1.54) is 0 Å². The zero-order valence-corrected chi connectivity index (χ0v) is 6.34. The number of hydrogen-bond donors (Lipinski definition) is 1. The highest BCUT2D eigenvalue weighted by Gasteiger charge is 1.91. The lowest BCUT2D eigenvalue weighted by atomic mass is 10.4. The quantitative estimate of drug-likeness (QED) is 0.711. The fourth-order valence-electron chi connectivity index (χ4n) is 0.643. The molecule has 0 aromatic carbocycles. The summed E-state index contributed by atoms with van der Waals surface area (Å²) in [6, 6.07) is 0. The Morgan fingerprint density at radius 3 is 2.64 bits per heavy atom. The molecule has 1 aromatic rings. The molecule has 1 rings (SSSR count). The van der Waals surface area contributed by atoms with Crippen LogP contribution in [-0.4, -0.2) is 23.2 Å². The van der Waals surface area contributed by atoms with E-state index in [0.29, 0.717) is 5.95 Å². The van der Waals surface area contributed by atoms with Crippen LogP contribution in [0.5, 0.6) is 0 Å². The summed E-state index contributed by atoms with van der Waals surface area (Å²) in [5, 5.41) is 2.72. The highest BCUT2D eigenvalue weighted by molar-refractivity contribution is 5.23. The SMILES string of the molecule is Cc1cnc(NCCF)nc1. The Kier molecular flexibility index (Phi) is 2.77. The van der Waals surface area contributed by atoms with Gasteiger partial charge in [-0.05, 0) is 12.5 Å². The minimum Gasteiger partial charge on any atom is -0.352 e. The van der Waals surface area contributed by atoms with Crippen LogP contribution in [0.4, 0.5) is 10.3 Å². The first-order valence-electron chi connectivity index (χ1n) is 3.41. The van der Waals surface area contributed by atoms with Crippen molar-refractivity contribution in [1.29, 1.82) is 0 Å². The minimum absolute atomic E-state index is 0.267. The smallest absolute Gasteiger partial charge is 0.222 e. The number of alkyl halides is 1. The summed E-state index contributed by atoms with van der Waals surface area (Å²) in [6.07, 6.45) is 3.38. The van der Waals surface area contributed by atoms with Crippen molar-refractivity contribution in [3.8, 4) is 0 Å². The summed E-state index contributed by atoms with van der Waals surface area (Å²) >= 11 is 0. The highest BCUT2D eigenvalue weighted by Crippen LogP contribution is 1.96. The molecule has 0 amide bonds. The second-order valence-electron chi connectivity index (χ2n) is 2.20. The Hall–Kier alpha value is -1.19. The maximum absolute atomic E-state index is 11.6. The van der Waals surface area contributed by atoms with Gasteiger partial charge in [0.15, 0.2) is 0 Å². The Bertz CT molecular complexity index is 209. The van der Waals surface area contributed by atoms with Crippen LogP contribution in [0.2, 0.25) is 0 Å². The molecule has 0 bridgehead atoms. The molecule has 1 heterocycles. The summed E-state index contributed by atoms with van der Waals surface area (Å²) in [6.45, 7) is 1.76. The van der Waals surface area contributed by atoms with Crippen LogP contribution < -0.4 is 5.32 Å². The second-order valence-corrected chi connectivity index (χ2v) is 2.20. The molecular formula is C7H10FN3. The molecule has 0 aliphatic carbocycles. The summed E-state index contributed by atoms with van der Waals surface area (Å²) in [4.78, 5) is 7.85. The number of aromatic nitrogens is 2. The normalized spacial score (nSPS) is 9.64. The van der Waals surface area contributed by atoms with Gasteiger partial charge in [-0.3, -0.25) is 0 Å². The van der Waals surface area contributed by atoms with Crippen LogP contribution in [0.3, 0.4) is 0 Å². The molecule has 60 valence electrons. The third-order valence-corrected chi connectivity index (χ3v) is 1.16. The monoisotopic (exact) mass is 155 g/mol. The standard InChI is InChI=1S/C7H10FN3/c1-6-4-10-7(11-5-6)9-3-2-8/h4-5H,2-3H2,1H3,(H,9,10,11). The topological polar surface area (TPSA) is 37.8 Å². The molecule has 0 saturated heterocycles. The molecule has 0 unspecified atom stereocenters. The average Bonchev–Trinajstić information content (AvgIpc) is 2.04. The van der Waals surface area contributed by atoms with Crippen molar-refractivity contribution in [3.05, 3.63) is 18.0 Å². The largest absolute Gasteiger partial charge is 0.352 e. The second kappa shape index (κ2) is 3.85. The van der Waals surface area contributed by atoms with Gasteiger partial charge in [0, 0.05) is 18.9 Å². The van der Waals surface area contributed by atoms with E-state index in [1.54, 1.807) is 12.4 Å². The highest BCUT2D eigenvalue weighted by atomic mass is 19.1. The average molecular weight is 155 g/mol. The predicted molar refractivity (Wildman–Crippen MR) is 41.2 cm³/mol. The Morgan fingerprint density at radius 2 is 2.09 bits per heavy atom. The first-order valence-corrected chi connectivity index (χ1v) is 3.41. The molecule has 0 saturated carbocycles. The van der Waals surface area contributed by atoms with Crippen molar-refractivity contribution >= 4 is 5.95 Å². The first-order chi connectivity index (χ1) is 5.33. The van der Waals surface area contributed by atoms with Crippen LogP contribution in [0.25, 0.3) is 0 Å². The zero-order chi connectivity index (χ0) is 8.10. The molecule has 0 atom stereocenters. The number of nitrogens with zero attached hydrogens (tertiary/aromatic N) is 2. The lowest BCUT2D eigenvalue weighted by Gasteiger charge is -1.99. The van der Waals surface area contributed by atoms with Crippen LogP contribution >= 0.6 is 0 Å². The summed E-state index contributed by atoms with van der Waals surface area (Å²) in [7, 11) is 0. The van der Waals surface area contributed by atoms with Crippen molar-refractivity contribution in [2.45, 2.75) is 6.92 Å². The van der Waals surface area contributed by atoms with Gasteiger partial charge in [-0.25, -0.2) is 14.4 Å². The van der Waals surface area contributed by atoms with Gasteiger partial charge in [-0.15, -0.1) is 0 Å². The molecule has 11 heavy (non-hydrogen) atoms. The Labute approximate surface area is 64.7 Å². The number of halogens is 1. The van der Waals surface area contributed by atoms with E-state index in [0.717, 1.165) is 5.56 Å². The molecule has 0 aliphatic rings. The van der Waals surface area contributed by atoms with E-state index in [1.807, 2.05) is 6.92 Å².